The molecule has 0 N–H and O–H groups in total. The standard InChI is InChI=1S/C52H58N4O6/c1-49(2,3)33-27-35(45(59-13)37(29-33)41-17-15-25-55(41)47(57)61-51(7,8)9)39-23-21-31-19-20-32-22-24-40(54-44(32)43(31)53-39)36-28-34(50(4,5)6)30-38(46(36)60-14)42-18-16-26-56(42)48(58)62-52(10,11)12/h15-30H,1-14H3. The van der Waals surface area contributed by atoms with E-state index in [2.05, 4.69) is 90.1 Å². The number of fused-ring (bicyclic) bond motifs is 3. The van der Waals surface area contributed by atoms with Gasteiger partial charge in [0.25, 0.3) is 0 Å². The first-order valence-corrected chi connectivity index (χ1v) is 21.0. The van der Waals surface area contributed by atoms with Crippen molar-refractivity contribution in [2.24, 2.45) is 0 Å². The molecule has 10 heteroatoms. The van der Waals surface area contributed by atoms with Crippen LogP contribution in [0.25, 0.3) is 66.8 Å². The lowest BCUT2D eigenvalue weighted by molar-refractivity contribution is 0.0528. The van der Waals surface area contributed by atoms with E-state index >= 15 is 0 Å². The van der Waals surface area contributed by atoms with E-state index in [-0.39, 0.29) is 10.8 Å². The van der Waals surface area contributed by atoms with Crippen LogP contribution >= 0.6 is 0 Å². The van der Waals surface area contributed by atoms with Gasteiger partial charge in [-0.25, -0.2) is 19.6 Å². The average molecular weight is 835 g/mol. The monoisotopic (exact) mass is 834 g/mol. The molecule has 3 aromatic carbocycles. The highest BCUT2D eigenvalue weighted by molar-refractivity contribution is 6.04. The number of carbonyl (C=O) groups is 2. The van der Waals surface area contributed by atoms with Crippen molar-refractivity contribution in [1.82, 2.24) is 19.1 Å². The summed E-state index contributed by atoms with van der Waals surface area (Å²) in [6, 6.07) is 28.1. The van der Waals surface area contributed by atoms with Gasteiger partial charge in [-0.15, -0.1) is 0 Å². The van der Waals surface area contributed by atoms with E-state index in [0.717, 1.165) is 44.2 Å². The molecule has 10 nitrogen and oxygen atoms in total. The molecule has 0 unspecified atom stereocenters. The quantitative estimate of drug-likeness (QED) is 0.152. The Labute approximate surface area is 364 Å². The molecule has 0 spiro atoms. The zero-order chi connectivity index (χ0) is 45.1. The second-order valence-corrected chi connectivity index (χ2v) is 19.8. The maximum Gasteiger partial charge on any atom is 0.418 e. The van der Waals surface area contributed by atoms with Crippen LogP contribution in [0, 0.1) is 0 Å². The van der Waals surface area contributed by atoms with E-state index < -0.39 is 23.4 Å². The molecular formula is C52H58N4O6. The highest BCUT2D eigenvalue weighted by Crippen LogP contribution is 2.45. The number of ether oxygens (including phenoxy) is 4. The van der Waals surface area contributed by atoms with Crippen LogP contribution in [-0.4, -0.2) is 56.7 Å². The van der Waals surface area contributed by atoms with Gasteiger partial charge in [0, 0.05) is 45.4 Å². The summed E-state index contributed by atoms with van der Waals surface area (Å²) in [7, 11) is 3.28. The summed E-state index contributed by atoms with van der Waals surface area (Å²) in [5.41, 5.74) is 7.35. The largest absolute Gasteiger partial charge is 0.495 e. The Kier molecular flexibility index (Phi) is 11.1. The lowest BCUT2D eigenvalue weighted by atomic mass is 9.83. The SMILES string of the molecule is COc1c(-c2ccc3ccc4ccc(-c5cc(C(C)(C)C)cc(-c6cccn6C(=O)OC(C)(C)C)c5OC)nc4c3n2)cc(C(C)(C)C)cc1-c1cccn1C(=O)OC(C)(C)C. The van der Waals surface area contributed by atoms with Gasteiger partial charge in [0.1, 0.15) is 22.7 Å². The number of hydrogen-bond donors (Lipinski definition) is 0. The van der Waals surface area contributed by atoms with Crippen LogP contribution in [0.1, 0.15) is 94.2 Å². The molecule has 0 atom stereocenters. The molecule has 0 aliphatic carbocycles. The van der Waals surface area contributed by atoms with Crippen molar-refractivity contribution < 1.29 is 28.5 Å². The number of carbonyl (C=O) groups excluding carboxylic acids is 2. The predicted octanol–water partition coefficient (Wildman–Crippen LogP) is 13.2. The minimum Gasteiger partial charge on any atom is -0.495 e. The molecule has 0 bridgehead atoms. The maximum atomic E-state index is 13.5. The Morgan fingerprint density at radius 1 is 0.484 bits per heavy atom. The lowest BCUT2D eigenvalue weighted by Crippen LogP contribution is -2.27. The van der Waals surface area contributed by atoms with Crippen molar-refractivity contribution in [3.8, 4) is 56.5 Å². The zero-order valence-corrected chi connectivity index (χ0v) is 38.5. The van der Waals surface area contributed by atoms with Crippen molar-refractivity contribution in [3.05, 3.63) is 108 Å². The number of pyridine rings is 2. The van der Waals surface area contributed by atoms with Crippen LogP contribution in [0.3, 0.4) is 0 Å². The second kappa shape index (κ2) is 15.8. The van der Waals surface area contributed by atoms with Gasteiger partial charge in [0.15, 0.2) is 0 Å². The van der Waals surface area contributed by atoms with E-state index in [0.29, 0.717) is 45.3 Å². The van der Waals surface area contributed by atoms with Crippen molar-refractivity contribution in [2.45, 2.75) is 105 Å². The predicted molar refractivity (Wildman–Crippen MR) is 249 cm³/mol. The number of aromatic nitrogens is 4. The van der Waals surface area contributed by atoms with Crippen molar-refractivity contribution >= 4 is 34.0 Å². The third-order valence-electron chi connectivity index (χ3n) is 10.6. The molecule has 0 aliphatic rings. The van der Waals surface area contributed by atoms with Gasteiger partial charge in [0.05, 0.1) is 48.0 Å². The van der Waals surface area contributed by atoms with E-state index in [9.17, 15) is 9.59 Å². The summed E-state index contributed by atoms with van der Waals surface area (Å²) >= 11 is 0. The van der Waals surface area contributed by atoms with Gasteiger partial charge in [0.2, 0.25) is 0 Å². The minimum absolute atomic E-state index is 0.257. The Morgan fingerprint density at radius 2 is 0.823 bits per heavy atom. The Balaban J connectivity index is 1.44. The van der Waals surface area contributed by atoms with Crippen molar-refractivity contribution in [2.75, 3.05) is 14.2 Å². The molecule has 0 saturated carbocycles. The molecule has 0 aliphatic heterocycles. The zero-order valence-electron chi connectivity index (χ0n) is 38.5. The highest BCUT2D eigenvalue weighted by atomic mass is 16.6. The Hall–Kier alpha value is -6.42. The molecule has 322 valence electrons. The van der Waals surface area contributed by atoms with Crippen molar-refractivity contribution in [1.29, 1.82) is 0 Å². The number of methoxy groups -OCH3 is 2. The molecular weight excluding hydrogens is 777 g/mol. The summed E-state index contributed by atoms with van der Waals surface area (Å²) < 4.78 is 27.1. The molecule has 4 aromatic heterocycles. The van der Waals surface area contributed by atoms with Gasteiger partial charge in [-0.1, -0.05) is 65.8 Å². The van der Waals surface area contributed by atoms with Gasteiger partial charge < -0.3 is 18.9 Å². The van der Waals surface area contributed by atoms with Gasteiger partial charge in [-0.3, -0.25) is 9.13 Å². The summed E-state index contributed by atoms with van der Waals surface area (Å²) in [4.78, 5) is 37.7. The Bertz CT molecular complexity index is 2660. The Morgan fingerprint density at radius 3 is 1.15 bits per heavy atom. The topological polar surface area (TPSA) is 107 Å². The normalized spacial score (nSPS) is 12.5. The molecule has 0 amide bonds. The molecule has 7 aromatic rings. The van der Waals surface area contributed by atoms with Crippen LogP contribution < -0.4 is 9.47 Å². The van der Waals surface area contributed by atoms with E-state index in [4.69, 9.17) is 28.9 Å². The highest BCUT2D eigenvalue weighted by Gasteiger charge is 2.28. The first-order chi connectivity index (χ1) is 29.0. The first-order valence-electron chi connectivity index (χ1n) is 21.0. The average Bonchev–Trinajstić information content (AvgIpc) is 3.89. The summed E-state index contributed by atoms with van der Waals surface area (Å²) in [6.45, 7) is 24.1. The molecule has 62 heavy (non-hydrogen) atoms. The maximum absolute atomic E-state index is 13.5. The second-order valence-electron chi connectivity index (χ2n) is 19.8. The first kappa shape index (κ1) is 43.7. The number of nitrogens with zero attached hydrogens (tertiary/aromatic N) is 4. The fraction of sp³-hybridized carbons (Fsp3) is 0.346. The number of hydrogen-bond acceptors (Lipinski definition) is 8. The molecule has 0 fully saturated rings. The molecule has 0 saturated heterocycles. The smallest absolute Gasteiger partial charge is 0.418 e. The number of benzene rings is 3. The van der Waals surface area contributed by atoms with Crippen LogP contribution in [-0.2, 0) is 20.3 Å². The summed E-state index contributed by atoms with van der Waals surface area (Å²) in [5.74, 6) is 1.16. The van der Waals surface area contributed by atoms with Crippen LogP contribution in [0.4, 0.5) is 9.59 Å². The fourth-order valence-electron chi connectivity index (χ4n) is 7.53. The van der Waals surface area contributed by atoms with E-state index in [1.165, 1.54) is 9.13 Å². The van der Waals surface area contributed by atoms with Crippen LogP contribution in [0.5, 0.6) is 11.5 Å². The van der Waals surface area contributed by atoms with Gasteiger partial charge in [-0.05, 0) is 124 Å². The summed E-state index contributed by atoms with van der Waals surface area (Å²) in [5, 5.41) is 1.84. The van der Waals surface area contributed by atoms with Crippen LogP contribution in [0.15, 0.2) is 97.3 Å². The fourth-order valence-corrected chi connectivity index (χ4v) is 7.53. The van der Waals surface area contributed by atoms with Gasteiger partial charge >= 0.3 is 12.2 Å². The summed E-state index contributed by atoms with van der Waals surface area (Å²) in [6.07, 6.45) is 2.47. The van der Waals surface area contributed by atoms with Gasteiger partial charge in [-0.2, -0.15) is 0 Å². The van der Waals surface area contributed by atoms with Crippen molar-refractivity contribution in [3.63, 3.8) is 0 Å². The third-order valence-corrected chi connectivity index (χ3v) is 10.6. The lowest BCUT2D eigenvalue weighted by Gasteiger charge is -2.25. The number of rotatable bonds is 6. The third kappa shape index (κ3) is 8.69. The molecule has 4 heterocycles. The molecule has 7 rings (SSSR count). The van der Waals surface area contributed by atoms with E-state index in [1.807, 2.05) is 77.9 Å². The van der Waals surface area contributed by atoms with E-state index in [1.54, 1.807) is 26.6 Å². The van der Waals surface area contributed by atoms with Crippen LogP contribution in [0.2, 0.25) is 0 Å². The molecule has 0 radical (unpaired) electrons. The minimum atomic E-state index is -0.677.